The molecule has 2 heterocycles. The lowest BCUT2D eigenvalue weighted by atomic mass is 10.2. The molecule has 0 aliphatic rings. The van der Waals surface area contributed by atoms with E-state index in [1.54, 1.807) is 18.5 Å². The third-order valence-electron chi connectivity index (χ3n) is 2.68. The molecule has 0 bridgehead atoms. The van der Waals surface area contributed by atoms with E-state index in [-0.39, 0.29) is 18.0 Å². The smallest absolute Gasteiger partial charge is 0.241 e. The summed E-state index contributed by atoms with van der Waals surface area (Å²) in [6.07, 6.45) is 3.32. The first-order valence-electron chi connectivity index (χ1n) is 5.60. The van der Waals surface area contributed by atoms with Gasteiger partial charge in [0.05, 0.1) is 11.5 Å². The third-order valence-corrected chi connectivity index (χ3v) is 5.14. The number of thiophene rings is 1. The van der Waals surface area contributed by atoms with Crippen LogP contribution in [0.1, 0.15) is 16.0 Å². The van der Waals surface area contributed by atoms with Gasteiger partial charge in [0.1, 0.15) is 0 Å². The number of pyridine rings is 1. The molecule has 0 aromatic carbocycles. The van der Waals surface area contributed by atoms with Gasteiger partial charge < -0.3 is 5.11 Å². The predicted octanol–water partition coefficient (Wildman–Crippen LogP) is 1.42. The molecule has 2 rings (SSSR count). The van der Waals surface area contributed by atoms with Crippen molar-refractivity contribution in [3.05, 3.63) is 45.9 Å². The van der Waals surface area contributed by atoms with Crippen LogP contribution in [-0.2, 0) is 23.2 Å². The molecule has 0 aliphatic heterocycles. The zero-order valence-corrected chi connectivity index (χ0v) is 12.0. The van der Waals surface area contributed by atoms with Crippen LogP contribution in [0.2, 0.25) is 0 Å². The Balaban J connectivity index is 2.12. The minimum absolute atomic E-state index is 0.149. The predicted molar refractivity (Wildman–Crippen MR) is 73.2 cm³/mol. The summed E-state index contributed by atoms with van der Waals surface area (Å²) in [5, 5.41) is 10.5. The highest BCUT2D eigenvalue weighted by molar-refractivity contribution is 7.89. The van der Waals surface area contributed by atoms with Crippen molar-refractivity contribution in [2.24, 2.45) is 0 Å². The summed E-state index contributed by atoms with van der Waals surface area (Å²) in [5.74, 6) is 0. The van der Waals surface area contributed by atoms with Crippen LogP contribution in [0.4, 0.5) is 0 Å². The lowest BCUT2D eigenvalue weighted by Crippen LogP contribution is -2.23. The average molecular weight is 298 g/mol. The Morgan fingerprint density at radius 2 is 2.26 bits per heavy atom. The van der Waals surface area contributed by atoms with Gasteiger partial charge in [0.2, 0.25) is 10.0 Å². The lowest BCUT2D eigenvalue weighted by molar-refractivity contribution is 0.285. The van der Waals surface area contributed by atoms with Crippen LogP contribution in [0.25, 0.3) is 0 Å². The summed E-state index contributed by atoms with van der Waals surface area (Å²) in [4.78, 5) is 4.77. The first kappa shape index (κ1) is 14.1. The summed E-state index contributed by atoms with van der Waals surface area (Å²) < 4.78 is 26.6. The Morgan fingerprint density at radius 1 is 1.47 bits per heavy atom. The monoisotopic (exact) mass is 298 g/mol. The van der Waals surface area contributed by atoms with Gasteiger partial charge in [-0.2, -0.15) is 0 Å². The second-order valence-corrected chi connectivity index (χ2v) is 6.80. The van der Waals surface area contributed by atoms with Gasteiger partial charge in [0.15, 0.2) is 0 Å². The Morgan fingerprint density at radius 3 is 2.89 bits per heavy atom. The first-order valence-corrected chi connectivity index (χ1v) is 7.96. The molecule has 2 aromatic rings. The number of nitrogens with zero attached hydrogens (tertiary/aromatic N) is 1. The summed E-state index contributed by atoms with van der Waals surface area (Å²) in [5.41, 5.74) is 1.82. The van der Waals surface area contributed by atoms with E-state index in [1.807, 2.05) is 6.92 Å². The Bertz CT molecular complexity index is 665. The molecule has 19 heavy (non-hydrogen) atoms. The minimum Gasteiger partial charge on any atom is -0.391 e. The number of nitrogens with one attached hydrogen (secondary N) is 1. The van der Waals surface area contributed by atoms with Crippen LogP contribution in [0.3, 0.4) is 0 Å². The van der Waals surface area contributed by atoms with E-state index >= 15 is 0 Å². The van der Waals surface area contributed by atoms with E-state index in [0.29, 0.717) is 4.88 Å². The van der Waals surface area contributed by atoms with Crippen molar-refractivity contribution in [1.82, 2.24) is 9.71 Å². The Hall–Kier alpha value is -1.28. The van der Waals surface area contributed by atoms with Gasteiger partial charge in [-0.3, -0.25) is 4.98 Å². The fourth-order valence-electron chi connectivity index (χ4n) is 1.54. The highest BCUT2D eigenvalue weighted by atomic mass is 32.2. The number of aryl methyl sites for hydroxylation is 1. The Kier molecular flexibility index (Phi) is 4.31. The van der Waals surface area contributed by atoms with Crippen LogP contribution in [0.5, 0.6) is 0 Å². The molecular weight excluding hydrogens is 284 g/mol. The first-order chi connectivity index (χ1) is 9.03. The van der Waals surface area contributed by atoms with Crippen LogP contribution >= 0.6 is 11.3 Å². The van der Waals surface area contributed by atoms with Gasteiger partial charge in [-0.05, 0) is 30.2 Å². The van der Waals surface area contributed by atoms with E-state index < -0.39 is 10.0 Å². The number of aromatic nitrogens is 1. The molecule has 0 aliphatic carbocycles. The molecule has 7 heteroatoms. The molecule has 0 atom stereocenters. The van der Waals surface area contributed by atoms with Crippen molar-refractivity contribution >= 4 is 21.4 Å². The summed E-state index contributed by atoms with van der Waals surface area (Å²) >= 11 is 1.22. The van der Waals surface area contributed by atoms with Gasteiger partial charge in [0.25, 0.3) is 0 Å². The number of hydrogen-bond acceptors (Lipinski definition) is 5. The van der Waals surface area contributed by atoms with Gasteiger partial charge in [-0.25, -0.2) is 13.1 Å². The van der Waals surface area contributed by atoms with E-state index in [9.17, 15) is 8.42 Å². The number of hydrogen-bond donors (Lipinski definition) is 2. The second kappa shape index (κ2) is 5.79. The molecule has 0 amide bonds. The number of aliphatic hydroxyl groups is 1. The molecule has 0 fully saturated rings. The van der Waals surface area contributed by atoms with E-state index in [2.05, 4.69) is 9.71 Å². The lowest BCUT2D eigenvalue weighted by Gasteiger charge is -2.07. The summed E-state index contributed by atoms with van der Waals surface area (Å²) in [6.45, 7) is 1.95. The fourth-order valence-corrected chi connectivity index (χ4v) is 3.68. The topological polar surface area (TPSA) is 79.3 Å². The van der Waals surface area contributed by atoms with Crippen LogP contribution in [0, 0.1) is 6.92 Å². The number of sulfonamides is 1. The fraction of sp³-hybridized carbons (Fsp3) is 0.250. The maximum atomic E-state index is 12.0. The number of aliphatic hydroxyl groups excluding tert-OH is 1. The molecule has 0 saturated carbocycles. The van der Waals surface area contributed by atoms with E-state index in [1.165, 1.54) is 22.8 Å². The maximum Gasteiger partial charge on any atom is 0.241 e. The third kappa shape index (κ3) is 3.38. The van der Waals surface area contributed by atoms with Crippen LogP contribution in [-0.4, -0.2) is 18.5 Å². The Labute approximate surface area is 116 Å². The van der Waals surface area contributed by atoms with Crippen LogP contribution in [0.15, 0.2) is 34.8 Å². The number of rotatable bonds is 5. The molecule has 0 radical (unpaired) electrons. The van der Waals surface area contributed by atoms with Gasteiger partial charge in [0, 0.05) is 29.2 Å². The maximum absolute atomic E-state index is 12.0. The zero-order chi connectivity index (χ0) is 13.9. The largest absolute Gasteiger partial charge is 0.391 e. The highest BCUT2D eigenvalue weighted by Gasteiger charge is 2.16. The highest BCUT2D eigenvalue weighted by Crippen LogP contribution is 2.19. The van der Waals surface area contributed by atoms with Crippen molar-refractivity contribution in [1.29, 1.82) is 0 Å². The quantitative estimate of drug-likeness (QED) is 0.875. The molecule has 2 aromatic heterocycles. The van der Waals surface area contributed by atoms with Crippen molar-refractivity contribution < 1.29 is 13.5 Å². The standard InChI is InChI=1S/C12H14N2O3S2/c1-9-5-13-3-2-10(9)6-14-19(16,17)12-4-11(7-15)18-8-12/h2-5,8,14-15H,6-7H2,1H3. The average Bonchev–Trinajstić information content (AvgIpc) is 2.87. The molecular formula is C12H14N2O3S2. The van der Waals surface area contributed by atoms with E-state index in [4.69, 9.17) is 5.11 Å². The summed E-state index contributed by atoms with van der Waals surface area (Å²) in [6, 6.07) is 3.26. The van der Waals surface area contributed by atoms with Gasteiger partial charge >= 0.3 is 0 Å². The second-order valence-electron chi connectivity index (χ2n) is 4.03. The minimum atomic E-state index is -3.54. The zero-order valence-electron chi connectivity index (χ0n) is 10.3. The summed E-state index contributed by atoms with van der Waals surface area (Å²) in [7, 11) is -3.54. The van der Waals surface area contributed by atoms with Gasteiger partial charge in [-0.1, -0.05) is 0 Å². The van der Waals surface area contributed by atoms with E-state index in [0.717, 1.165) is 11.1 Å². The molecule has 5 nitrogen and oxygen atoms in total. The van der Waals surface area contributed by atoms with Crippen molar-refractivity contribution in [3.63, 3.8) is 0 Å². The van der Waals surface area contributed by atoms with Crippen molar-refractivity contribution in [2.45, 2.75) is 25.0 Å². The normalized spacial score (nSPS) is 11.7. The molecule has 0 saturated heterocycles. The molecule has 2 N–H and O–H groups in total. The molecule has 0 unspecified atom stereocenters. The van der Waals surface area contributed by atoms with Crippen LogP contribution < -0.4 is 4.72 Å². The van der Waals surface area contributed by atoms with Crippen molar-refractivity contribution in [2.75, 3.05) is 0 Å². The SMILES string of the molecule is Cc1cnccc1CNS(=O)(=O)c1csc(CO)c1. The van der Waals surface area contributed by atoms with Crippen molar-refractivity contribution in [3.8, 4) is 0 Å². The van der Waals surface area contributed by atoms with Gasteiger partial charge in [-0.15, -0.1) is 11.3 Å². The molecule has 0 spiro atoms. The molecule has 102 valence electrons.